The highest BCUT2D eigenvalue weighted by molar-refractivity contribution is 5.93. The molecule has 13 heteroatoms. The van der Waals surface area contributed by atoms with Crippen LogP contribution in [0, 0.1) is 6.92 Å². The van der Waals surface area contributed by atoms with Crippen LogP contribution in [0.25, 0.3) is 16.9 Å². The van der Waals surface area contributed by atoms with Crippen molar-refractivity contribution >= 4 is 23.3 Å². The minimum absolute atomic E-state index is 0.0153. The second-order valence-electron chi connectivity index (χ2n) is 8.31. The zero-order valence-corrected chi connectivity index (χ0v) is 18.6. The lowest BCUT2D eigenvalue weighted by Crippen LogP contribution is -2.52. The van der Waals surface area contributed by atoms with Gasteiger partial charge in [0.25, 0.3) is 17.4 Å². The largest absolute Gasteiger partial charge is 0.430 e. The average molecular weight is 492 g/mol. The second-order valence-corrected chi connectivity index (χ2v) is 8.31. The van der Waals surface area contributed by atoms with E-state index in [0.29, 0.717) is 31.6 Å². The van der Waals surface area contributed by atoms with E-state index < -0.39 is 29.2 Å². The standard InChI is InChI=1S/C22H23F3N6O4/c1-11-2-3-12(21(34,20(27)33)22(23,24)25)8-14(11)16-9-28-18-17(26)30-15(10-31(16)18)19(32)29-13-4-6-35-7-5-13/h2-3,8-10,13,34H,4-7H2,1H3,(H2,26,30)(H2,27,33)(H,29,32). The Labute approximate surface area is 197 Å². The number of carbonyl (C=O) groups excluding carboxylic acids is 2. The van der Waals surface area contributed by atoms with Crippen molar-refractivity contribution in [3.63, 3.8) is 0 Å². The molecule has 10 nitrogen and oxygen atoms in total. The maximum absolute atomic E-state index is 13.6. The van der Waals surface area contributed by atoms with Crippen LogP contribution >= 0.6 is 0 Å². The Morgan fingerprint density at radius 2 is 1.94 bits per heavy atom. The van der Waals surface area contributed by atoms with E-state index in [1.54, 1.807) is 6.92 Å². The summed E-state index contributed by atoms with van der Waals surface area (Å²) < 4.78 is 47.5. The number of benzene rings is 1. The molecule has 0 radical (unpaired) electrons. The molecular formula is C22H23F3N6O4. The number of alkyl halides is 3. The molecule has 3 heterocycles. The van der Waals surface area contributed by atoms with Gasteiger partial charge in [0.2, 0.25) is 0 Å². The van der Waals surface area contributed by atoms with Crippen molar-refractivity contribution < 1.29 is 32.6 Å². The van der Waals surface area contributed by atoms with Crippen LogP contribution in [0.1, 0.15) is 34.5 Å². The van der Waals surface area contributed by atoms with Crippen molar-refractivity contribution in [2.75, 3.05) is 18.9 Å². The van der Waals surface area contributed by atoms with Crippen molar-refractivity contribution in [2.45, 2.75) is 37.6 Å². The van der Waals surface area contributed by atoms with Crippen LogP contribution in [-0.2, 0) is 15.1 Å². The number of halogens is 3. The molecule has 0 saturated carbocycles. The van der Waals surface area contributed by atoms with Gasteiger partial charge in [0.15, 0.2) is 11.5 Å². The van der Waals surface area contributed by atoms with E-state index in [0.717, 1.165) is 12.1 Å². The van der Waals surface area contributed by atoms with Crippen molar-refractivity contribution in [2.24, 2.45) is 5.73 Å². The Balaban J connectivity index is 1.80. The molecule has 1 saturated heterocycles. The molecule has 6 N–H and O–H groups in total. The number of amides is 2. The Morgan fingerprint density at radius 3 is 2.57 bits per heavy atom. The minimum Gasteiger partial charge on any atom is -0.381 e. The van der Waals surface area contributed by atoms with Gasteiger partial charge in [-0.2, -0.15) is 13.2 Å². The molecule has 1 atom stereocenters. The molecule has 0 bridgehead atoms. The number of carbonyl (C=O) groups is 2. The lowest BCUT2D eigenvalue weighted by Gasteiger charge is -2.28. The van der Waals surface area contributed by atoms with Crippen molar-refractivity contribution in [1.82, 2.24) is 19.7 Å². The average Bonchev–Trinajstić information content (AvgIpc) is 3.23. The van der Waals surface area contributed by atoms with Gasteiger partial charge in [-0.1, -0.05) is 12.1 Å². The fourth-order valence-electron chi connectivity index (χ4n) is 3.99. The number of aromatic nitrogens is 3. The first kappa shape index (κ1) is 24.4. The van der Waals surface area contributed by atoms with Gasteiger partial charge in [-0.05, 0) is 31.4 Å². The van der Waals surface area contributed by atoms with Crippen LogP contribution in [0.3, 0.4) is 0 Å². The first-order valence-electron chi connectivity index (χ1n) is 10.7. The molecule has 1 aliphatic rings. The van der Waals surface area contributed by atoms with Gasteiger partial charge in [0.1, 0.15) is 5.69 Å². The van der Waals surface area contributed by atoms with Crippen molar-refractivity contribution in [3.05, 3.63) is 47.4 Å². The summed E-state index contributed by atoms with van der Waals surface area (Å²) in [6.45, 7) is 2.67. The summed E-state index contributed by atoms with van der Waals surface area (Å²) >= 11 is 0. The summed E-state index contributed by atoms with van der Waals surface area (Å²) in [6.07, 6.45) is -1.34. The van der Waals surface area contributed by atoms with Gasteiger partial charge in [0, 0.05) is 36.6 Å². The molecule has 1 fully saturated rings. The number of nitrogens with zero attached hydrogens (tertiary/aromatic N) is 3. The van der Waals surface area contributed by atoms with Gasteiger partial charge in [-0.3, -0.25) is 14.0 Å². The number of imidazole rings is 1. The first-order valence-corrected chi connectivity index (χ1v) is 10.7. The number of nitrogens with two attached hydrogens (primary N) is 2. The quantitative estimate of drug-likeness (QED) is 0.419. The molecule has 0 spiro atoms. The van der Waals surface area contributed by atoms with Gasteiger partial charge in [-0.25, -0.2) is 9.97 Å². The van der Waals surface area contributed by atoms with E-state index in [2.05, 4.69) is 15.3 Å². The third kappa shape index (κ3) is 4.28. The number of aryl methyl sites for hydroxylation is 1. The zero-order chi connectivity index (χ0) is 25.5. The molecular weight excluding hydrogens is 469 g/mol. The molecule has 2 aromatic heterocycles. The predicted octanol–water partition coefficient (Wildman–Crippen LogP) is 1.43. The molecule has 186 valence electrons. The normalized spacial score (nSPS) is 16.7. The van der Waals surface area contributed by atoms with Gasteiger partial charge < -0.3 is 26.6 Å². The minimum atomic E-state index is -5.35. The van der Waals surface area contributed by atoms with E-state index in [1.807, 2.05) is 0 Å². The highest BCUT2D eigenvalue weighted by Gasteiger charge is 2.60. The number of aliphatic hydroxyl groups is 1. The third-order valence-electron chi connectivity index (χ3n) is 6.01. The molecule has 1 aromatic carbocycles. The van der Waals surface area contributed by atoms with E-state index in [-0.39, 0.29) is 34.5 Å². The summed E-state index contributed by atoms with van der Waals surface area (Å²) in [4.78, 5) is 32.7. The lowest BCUT2D eigenvalue weighted by molar-refractivity contribution is -0.255. The van der Waals surface area contributed by atoms with E-state index in [9.17, 15) is 27.9 Å². The van der Waals surface area contributed by atoms with Gasteiger partial charge in [-0.15, -0.1) is 0 Å². The molecule has 1 aliphatic heterocycles. The number of hydrogen-bond donors (Lipinski definition) is 4. The summed E-state index contributed by atoms with van der Waals surface area (Å²) in [5.74, 6) is -2.50. The fraction of sp³-hybridized carbons (Fsp3) is 0.364. The number of anilines is 1. The van der Waals surface area contributed by atoms with E-state index in [1.165, 1.54) is 22.9 Å². The number of primary amides is 1. The van der Waals surface area contributed by atoms with Gasteiger partial charge >= 0.3 is 6.18 Å². The molecule has 4 rings (SSSR count). The van der Waals surface area contributed by atoms with Crippen LogP contribution in [0.5, 0.6) is 0 Å². The maximum Gasteiger partial charge on any atom is 0.430 e. The van der Waals surface area contributed by atoms with Crippen LogP contribution in [0.4, 0.5) is 19.0 Å². The number of ether oxygens (including phenoxy) is 1. The smallest absolute Gasteiger partial charge is 0.381 e. The Morgan fingerprint density at radius 1 is 1.26 bits per heavy atom. The SMILES string of the molecule is Cc1ccc(C(O)(C(N)=O)C(F)(F)F)cc1-c1cnc2c(N)nc(C(=O)NC3CCOCC3)cn12. The number of nitrogen functional groups attached to an aromatic ring is 1. The second kappa shape index (κ2) is 8.82. The van der Waals surface area contributed by atoms with Crippen LogP contribution in [0.15, 0.2) is 30.6 Å². The molecule has 3 aromatic rings. The van der Waals surface area contributed by atoms with E-state index in [4.69, 9.17) is 16.2 Å². The van der Waals surface area contributed by atoms with Crippen molar-refractivity contribution in [1.29, 1.82) is 0 Å². The predicted molar refractivity (Wildman–Crippen MR) is 118 cm³/mol. The number of hydrogen-bond acceptors (Lipinski definition) is 7. The summed E-state index contributed by atoms with van der Waals surface area (Å²) in [5.41, 5.74) is 7.43. The Hall–Kier alpha value is -3.71. The number of rotatable bonds is 5. The van der Waals surface area contributed by atoms with Crippen LogP contribution < -0.4 is 16.8 Å². The Bertz CT molecular complexity index is 1300. The highest BCUT2D eigenvalue weighted by atomic mass is 19.4. The van der Waals surface area contributed by atoms with E-state index >= 15 is 0 Å². The molecule has 1 unspecified atom stereocenters. The maximum atomic E-state index is 13.6. The molecule has 0 aliphatic carbocycles. The molecule has 35 heavy (non-hydrogen) atoms. The summed E-state index contributed by atoms with van der Waals surface area (Å²) in [7, 11) is 0. The first-order chi connectivity index (χ1) is 16.4. The summed E-state index contributed by atoms with van der Waals surface area (Å²) in [6, 6.07) is 3.20. The topological polar surface area (TPSA) is 158 Å². The van der Waals surface area contributed by atoms with Crippen LogP contribution in [-0.4, -0.2) is 56.7 Å². The summed E-state index contributed by atoms with van der Waals surface area (Å²) in [5, 5.41) is 13.1. The lowest BCUT2D eigenvalue weighted by atomic mass is 9.89. The fourth-order valence-corrected chi connectivity index (χ4v) is 3.99. The number of fused-ring (bicyclic) bond motifs is 1. The third-order valence-corrected chi connectivity index (χ3v) is 6.01. The van der Waals surface area contributed by atoms with Crippen LogP contribution in [0.2, 0.25) is 0 Å². The molecule has 2 amide bonds. The van der Waals surface area contributed by atoms with Gasteiger partial charge in [0.05, 0.1) is 11.9 Å². The monoisotopic (exact) mass is 492 g/mol. The van der Waals surface area contributed by atoms with Crippen molar-refractivity contribution in [3.8, 4) is 11.3 Å². The number of nitrogens with one attached hydrogen (secondary N) is 1. The zero-order valence-electron chi connectivity index (χ0n) is 18.6. The highest BCUT2D eigenvalue weighted by Crippen LogP contribution is 2.40. The Kier molecular flexibility index (Phi) is 6.15.